The number of carbonyl (C=O) groups excluding carboxylic acids is 2. The molecule has 0 spiro atoms. The first-order chi connectivity index (χ1) is 11.5. The maximum Gasteiger partial charge on any atom is 0.334 e. The zero-order chi connectivity index (χ0) is 17.3. The molecule has 2 heterocycles. The fraction of sp³-hybridized carbons (Fsp3) is 0.471. The molecule has 7 nitrogen and oxygen atoms in total. The number of amides is 2. The smallest absolute Gasteiger partial charge is 0.334 e. The maximum atomic E-state index is 12.9. The Morgan fingerprint density at radius 2 is 2.08 bits per heavy atom. The van der Waals surface area contributed by atoms with Crippen molar-refractivity contribution in [3.05, 3.63) is 29.3 Å². The number of rotatable bonds is 3. The van der Waals surface area contributed by atoms with Crippen LogP contribution in [0.3, 0.4) is 0 Å². The van der Waals surface area contributed by atoms with Crippen LogP contribution in [0.25, 0.3) is 0 Å². The molecule has 0 aromatic heterocycles. The largest absolute Gasteiger partial charge is 0.479 e. The molecule has 2 aliphatic rings. The van der Waals surface area contributed by atoms with Crippen molar-refractivity contribution in [3.63, 3.8) is 0 Å². The van der Waals surface area contributed by atoms with E-state index in [-0.39, 0.29) is 25.0 Å². The van der Waals surface area contributed by atoms with Crippen LogP contribution in [-0.2, 0) is 14.3 Å². The minimum absolute atomic E-state index is 0.00942. The van der Waals surface area contributed by atoms with Crippen LogP contribution in [0.15, 0.2) is 18.2 Å². The van der Waals surface area contributed by atoms with Gasteiger partial charge in [0.05, 0.1) is 24.4 Å². The summed E-state index contributed by atoms with van der Waals surface area (Å²) in [5.41, 5.74) is 1.96. The third-order valence-corrected chi connectivity index (χ3v) is 4.38. The van der Waals surface area contributed by atoms with E-state index in [2.05, 4.69) is 0 Å². The van der Waals surface area contributed by atoms with Crippen LogP contribution >= 0.6 is 0 Å². The lowest BCUT2D eigenvalue weighted by molar-refractivity contribution is -0.154. The molecule has 2 saturated heterocycles. The zero-order valence-electron chi connectivity index (χ0n) is 13.5. The Kier molecular flexibility index (Phi) is 4.53. The number of carboxylic acid groups (broad SMARTS) is 1. The summed E-state index contributed by atoms with van der Waals surface area (Å²) in [5, 5.41) is 9.10. The van der Waals surface area contributed by atoms with Crippen molar-refractivity contribution in [2.24, 2.45) is 0 Å². The zero-order valence-corrected chi connectivity index (χ0v) is 13.5. The first-order valence-corrected chi connectivity index (χ1v) is 8.02. The van der Waals surface area contributed by atoms with E-state index in [0.717, 1.165) is 12.0 Å². The molecule has 2 amide bonds. The molecule has 2 fully saturated rings. The van der Waals surface area contributed by atoms with E-state index >= 15 is 0 Å². The first-order valence-electron chi connectivity index (χ1n) is 8.02. The van der Waals surface area contributed by atoms with Gasteiger partial charge in [-0.25, -0.2) is 4.79 Å². The molecule has 0 bridgehead atoms. The Morgan fingerprint density at radius 3 is 2.75 bits per heavy atom. The van der Waals surface area contributed by atoms with Crippen LogP contribution < -0.4 is 4.90 Å². The van der Waals surface area contributed by atoms with Crippen molar-refractivity contribution < 1.29 is 24.2 Å². The van der Waals surface area contributed by atoms with Crippen molar-refractivity contribution in [2.45, 2.75) is 25.9 Å². The number of anilines is 1. The van der Waals surface area contributed by atoms with Crippen LogP contribution in [-0.4, -0.2) is 60.1 Å². The van der Waals surface area contributed by atoms with Crippen molar-refractivity contribution in [2.75, 3.05) is 31.1 Å². The molecule has 0 saturated carbocycles. The van der Waals surface area contributed by atoms with Crippen LogP contribution in [0.2, 0.25) is 0 Å². The topological polar surface area (TPSA) is 87.2 Å². The van der Waals surface area contributed by atoms with Gasteiger partial charge in [-0.1, -0.05) is 11.6 Å². The second-order valence-electron chi connectivity index (χ2n) is 6.12. The number of carbonyl (C=O) groups is 3. The Labute approximate surface area is 139 Å². The summed E-state index contributed by atoms with van der Waals surface area (Å²) < 4.78 is 5.17. The molecule has 7 heteroatoms. The Morgan fingerprint density at radius 1 is 1.29 bits per heavy atom. The summed E-state index contributed by atoms with van der Waals surface area (Å²) >= 11 is 0. The maximum absolute atomic E-state index is 12.9. The van der Waals surface area contributed by atoms with Gasteiger partial charge in [-0.05, 0) is 25.5 Å². The van der Waals surface area contributed by atoms with Crippen molar-refractivity contribution >= 4 is 23.5 Å². The van der Waals surface area contributed by atoms with Gasteiger partial charge in [0, 0.05) is 19.5 Å². The molecule has 1 aromatic carbocycles. The number of hydrogen-bond donors (Lipinski definition) is 1. The Balaban J connectivity index is 1.90. The van der Waals surface area contributed by atoms with Crippen LogP contribution in [0, 0.1) is 6.92 Å². The molecule has 3 rings (SSSR count). The molecule has 1 unspecified atom stereocenters. The molecule has 1 aromatic rings. The van der Waals surface area contributed by atoms with Gasteiger partial charge in [0.1, 0.15) is 0 Å². The lowest BCUT2D eigenvalue weighted by Gasteiger charge is -2.32. The summed E-state index contributed by atoms with van der Waals surface area (Å²) in [4.78, 5) is 39.2. The normalized spacial score (nSPS) is 21.2. The van der Waals surface area contributed by atoms with Crippen molar-refractivity contribution in [1.82, 2.24) is 4.90 Å². The SMILES string of the molecule is Cc1ccc(N2CCCC2=O)c(C(=O)N2CCOC(C(=O)O)C2)c1. The molecule has 0 aliphatic carbocycles. The van der Waals surface area contributed by atoms with Gasteiger partial charge < -0.3 is 19.6 Å². The third kappa shape index (κ3) is 3.12. The summed E-state index contributed by atoms with van der Waals surface area (Å²) in [7, 11) is 0. The number of aryl methyl sites for hydroxylation is 1. The van der Waals surface area contributed by atoms with Gasteiger partial charge in [-0.2, -0.15) is 0 Å². The third-order valence-electron chi connectivity index (χ3n) is 4.38. The van der Waals surface area contributed by atoms with Crippen LogP contribution in [0.4, 0.5) is 5.69 Å². The summed E-state index contributed by atoms with van der Waals surface area (Å²) in [6.45, 7) is 3.01. The van der Waals surface area contributed by atoms with E-state index in [1.165, 1.54) is 4.90 Å². The van der Waals surface area contributed by atoms with E-state index in [9.17, 15) is 14.4 Å². The Bertz CT molecular complexity index is 688. The van der Waals surface area contributed by atoms with Gasteiger partial charge >= 0.3 is 5.97 Å². The van der Waals surface area contributed by atoms with E-state index in [1.54, 1.807) is 17.0 Å². The molecule has 1 atom stereocenters. The number of carboxylic acids is 1. The number of nitrogens with zero attached hydrogens (tertiary/aromatic N) is 2. The highest BCUT2D eigenvalue weighted by atomic mass is 16.5. The summed E-state index contributed by atoms with van der Waals surface area (Å²) in [6.07, 6.45) is 0.253. The van der Waals surface area contributed by atoms with Crippen LogP contribution in [0.1, 0.15) is 28.8 Å². The molecule has 1 N–H and O–H groups in total. The predicted molar refractivity (Wildman–Crippen MR) is 86.0 cm³/mol. The second-order valence-corrected chi connectivity index (χ2v) is 6.12. The van der Waals surface area contributed by atoms with Gasteiger partial charge in [0.25, 0.3) is 5.91 Å². The molecular formula is C17H20N2O5. The van der Waals surface area contributed by atoms with Crippen molar-refractivity contribution in [1.29, 1.82) is 0 Å². The fourth-order valence-corrected chi connectivity index (χ4v) is 3.11. The number of morpholine rings is 1. The lowest BCUT2D eigenvalue weighted by Crippen LogP contribution is -2.48. The lowest BCUT2D eigenvalue weighted by atomic mass is 10.1. The van der Waals surface area contributed by atoms with E-state index in [1.807, 2.05) is 13.0 Å². The highest BCUT2D eigenvalue weighted by Crippen LogP contribution is 2.28. The summed E-state index contributed by atoms with van der Waals surface area (Å²) in [5.74, 6) is -1.33. The van der Waals surface area contributed by atoms with Crippen LogP contribution in [0.5, 0.6) is 0 Å². The van der Waals surface area contributed by atoms with Gasteiger partial charge in [0.2, 0.25) is 5.91 Å². The first kappa shape index (κ1) is 16.4. The number of hydrogen-bond acceptors (Lipinski definition) is 4. The average Bonchev–Trinajstić information content (AvgIpc) is 3.00. The van der Waals surface area contributed by atoms with Gasteiger partial charge in [0.15, 0.2) is 6.10 Å². The molecule has 0 radical (unpaired) electrons. The fourth-order valence-electron chi connectivity index (χ4n) is 3.11. The molecular weight excluding hydrogens is 312 g/mol. The molecule has 24 heavy (non-hydrogen) atoms. The van der Waals surface area contributed by atoms with Crippen molar-refractivity contribution in [3.8, 4) is 0 Å². The second kappa shape index (κ2) is 6.60. The van der Waals surface area contributed by atoms with E-state index in [4.69, 9.17) is 9.84 Å². The highest BCUT2D eigenvalue weighted by molar-refractivity contribution is 6.05. The van der Waals surface area contributed by atoms with Gasteiger partial charge in [-0.15, -0.1) is 0 Å². The predicted octanol–water partition coefficient (Wildman–Crippen LogP) is 1.05. The minimum Gasteiger partial charge on any atom is -0.479 e. The van der Waals surface area contributed by atoms with E-state index < -0.39 is 12.1 Å². The minimum atomic E-state index is -1.08. The standard InChI is InChI=1S/C17H20N2O5/c1-11-4-5-13(19-6-2-3-15(19)20)12(9-11)16(21)18-7-8-24-14(10-18)17(22)23/h4-5,9,14H,2-3,6-8,10H2,1H3,(H,22,23). The average molecular weight is 332 g/mol. The summed E-state index contributed by atoms with van der Waals surface area (Å²) in [6, 6.07) is 5.42. The van der Waals surface area contributed by atoms with Gasteiger partial charge in [-0.3, -0.25) is 9.59 Å². The van der Waals surface area contributed by atoms with E-state index in [0.29, 0.717) is 30.8 Å². The molecule has 128 valence electrons. The highest BCUT2D eigenvalue weighted by Gasteiger charge is 2.32. The monoisotopic (exact) mass is 332 g/mol. The number of benzene rings is 1. The molecule has 2 aliphatic heterocycles. The quantitative estimate of drug-likeness (QED) is 0.894. The number of ether oxygens (including phenoxy) is 1. The number of aliphatic carboxylic acids is 1. The Hall–Kier alpha value is -2.41.